The second kappa shape index (κ2) is 4.76. The molecule has 1 aromatic heterocycles. The molecule has 1 amide bonds. The third kappa shape index (κ3) is 2.39. The van der Waals surface area contributed by atoms with Gasteiger partial charge in [0.05, 0.1) is 11.1 Å². The zero-order chi connectivity index (χ0) is 13.7. The van der Waals surface area contributed by atoms with E-state index < -0.39 is 21.5 Å². The van der Waals surface area contributed by atoms with Crippen LogP contribution in [0.15, 0.2) is 35.4 Å². The van der Waals surface area contributed by atoms with Crippen molar-refractivity contribution in [1.82, 2.24) is 9.71 Å². The fourth-order valence-electron chi connectivity index (χ4n) is 1.92. The molecule has 6 nitrogen and oxygen atoms in total. The number of hydrogen-bond acceptors (Lipinski definition) is 4. The summed E-state index contributed by atoms with van der Waals surface area (Å²) in [7, 11) is -3.91. The molecule has 1 aliphatic rings. The molecule has 2 aromatic rings. The van der Waals surface area contributed by atoms with Crippen molar-refractivity contribution in [1.29, 1.82) is 0 Å². The van der Waals surface area contributed by atoms with Gasteiger partial charge in [-0.1, -0.05) is 12.1 Å². The lowest BCUT2D eigenvalue weighted by atomic mass is 10.2. The highest BCUT2D eigenvalue weighted by Gasteiger charge is 2.47. The third-order valence-electron chi connectivity index (χ3n) is 3.31. The third-order valence-corrected chi connectivity index (χ3v) is 4.68. The van der Waals surface area contributed by atoms with Gasteiger partial charge in [0.1, 0.15) is 4.90 Å². The first-order valence-corrected chi connectivity index (χ1v) is 7.33. The SMILES string of the molecule is Cl.NC1(C(=O)NS(=O)(=O)c2cccc3cc[nH]c23)CC1. The van der Waals surface area contributed by atoms with E-state index in [4.69, 9.17) is 5.73 Å². The Morgan fingerprint density at radius 2 is 2.00 bits per heavy atom. The van der Waals surface area contributed by atoms with Gasteiger partial charge >= 0.3 is 0 Å². The lowest BCUT2D eigenvalue weighted by Gasteiger charge is -2.11. The minimum Gasteiger partial charge on any atom is -0.360 e. The molecule has 20 heavy (non-hydrogen) atoms. The normalized spacial score (nSPS) is 16.4. The lowest BCUT2D eigenvalue weighted by Crippen LogP contribution is -2.45. The second-order valence-electron chi connectivity index (χ2n) is 4.79. The van der Waals surface area contributed by atoms with Crippen LogP contribution in [0.4, 0.5) is 0 Å². The van der Waals surface area contributed by atoms with Crippen molar-refractivity contribution in [3.63, 3.8) is 0 Å². The van der Waals surface area contributed by atoms with Gasteiger partial charge in [0.25, 0.3) is 15.9 Å². The van der Waals surface area contributed by atoms with Crippen LogP contribution in [0.3, 0.4) is 0 Å². The molecule has 4 N–H and O–H groups in total. The van der Waals surface area contributed by atoms with Crippen LogP contribution >= 0.6 is 12.4 Å². The number of aromatic nitrogens is 1. The molecule has 108 valence electrons. The molecular weight excluding hydrogens is 302 g/mol. The summed E-state index contributed by atoms with van der Waals surface area (Å²) in [6.07, 6.45) is 2.68. The van der Waals surface area contributed by atoms with Gasteiger partial charge in [-0.05, 0) is 25.0 Å². The number of halogens is 1. The van der Waals surface area contributed by atoms with Crippen LogP contribution in [0.2, 0.25) is 0 Å². The summed E-state index contributed by atoms with van der Waals surface area (Å²) < 4.78 is 26.5. The van der Waals surface area contributed by atoms with E-state index in [2.05, 4.69) is 4.98 Å². The molecule has 1 fully saturated rings. The molecule has 8 heteroatoms. The first-order chi connectivity index (χ1) is 8.92. The number of carbonyl (C=O) groups is 1. The molecule has 0 aliphatic heterocycles. The first kappa shape index (κ1) is 14.8. The molecule has 1 heterocycles. The molecule has 0 bridgehead atoms. The van der Waals surface area contributed by atoms with Gasteiger partial charge in [0, 0.05) is 11.6 Å². The monoisotopic (exact) mass is 315 g/mol. The minimum absolute atomic E-state index is 0. The van der Waals surface area contributed by atoms with E-state index in [0.29, 0.717) is 18.4 Å². The van der Waals surface area contributed by atoms with Gasteiger partial charge in [-0.2, -0.15) is 0 Å². The Hall–Kier alpha value is -1.57. The summed E-state index contributed by atoms with van der Waals surface area (Å²) in [6, 6.07) is 6.63. The van der Waals surface area contributed by atoms with E-state index in [1.54, 1.807) is 24.4 Å². The second-order valence-corrected chi connectivity index (χ2v) is 6.44. The Morgan fingerprint density at radius 1 is 1.30 bits per heavy atom. The van der Waals surface area contributed by atoms with E-state index in [1.165, 1.54) is 6.07 Å². The topological polar surface area (TPSA) is 105 Å². The van der Waals surface area contributed by atoms with E-state index in [9.17, 15) is 13.2 Å². The quantitative estimate of drug-likeness (QED) is 0.782. The van der Waals surface area contributed by atoms with Crippen LogP contribution in [-0.2, 0) is 14.8 Å². The molecule has 0 saturated heterocycles. The number of hydrogen-bond donors (Lipinski definition) is 3. The van der Waals surface area contributed by atoms with Crippen molar-refractivity contribution < 1.29 is 13.2 Å². The zero-order valence-corrected chi connectivity index (χ0v) is 12.1. The predicted molar refractivity (Wildman–Crippen MR) is 77.0 cm³/mol. The number of sulfonamides is 1. The van der Waals surface area contributed by atoms with Crippen molar-refractivity contribution in [3.8, 4) is 0 Å². The average Bonchev–Trinajstić information content (AvgIpc) is 2.93. The summed E-state index contributed by atoms with van der Waals surface area (Å²) in [6.45, 7) is 0. The van der Waals surface area contributed by atoms with Gasteiger partial charge in [0.15, 0.2) is 0 Å². The Bertz CT molecular complexity index is 765. The number of nitrogens with one attached hydrogen (secondary N) is 2. The molecule has 1 aliphatic carbocycles. The van der Waals surface area contributed by atoms with Crippen LogP contribution in [0.5, 0.6) is 0 Å². The van der Waals surface area contributed by atoms with Gasteiger partial charge in [0.2, 0.25) is 0 Å². The summed E-state index contributed by atoms with van der Waals surface area (Å²) in [5.41, 5.74) is 5.14. The van der Waals surface area contributed by atoms with Crippen molar-refractivity contribution in [2.75, 3.05) is 0 Å². The lowest BCUT2D eigenvalue weighted by molar-refractivity contribution is -0.121. The highest BCUT2D eigenvalue weighted by Crippen LogP contribution is 2.33. The number of aromatic amines is 1. The largest absolute Gasteiger partial charge is 0.360 e. The molecule has 1 aromatic carbocycles. The Labute approximate surface area is 122 Å². The summed E-state index contributed by atoms with van der Waals surface area (Å²) in [5.74, 6) is -0.643. The number of benzene rings is 1. The number of H-pyrrole nitrogens is 1. The van der Waals surface area contributed by atoms with Crippen molar-refractivity contribution in [2.45, 2.75) is 23.3 Å². The molecule has 3 rings (SSSR count). The highest BCUT2D eigenvalue weighted by atomic mass is 35.5. The van der Waals surface area contributed by atoms with Crippen LogP contribution in [0.1, 0.15) is 12.8 Å². The van der Waals surface area contributed by atoms with Crippen LogP contribution in [-0.4, -0.2) is 24.8 Å². The number of nitrogens with two attached hydrogens (primary N) is 1. The van der Waals surface area contributed by atoms with Crippen LogP contribution in [0.25, 0.3) is 10.9 Å². The summed E-state index contributed by atoms with van der Waals surface area (Å²) in [4.78, 5) is 14.7. The predicted octanol–water partition coefficient (Wildman–Crippen LogP) is 0.886. The van der Waals surface area contributed by atoms with E-state index in [0.717, 1.165) is 5.39 Å². The summed E-state index contributed by atoms with van der Waals surface area (Å²) in [5, 5.41) is 0.768. The Morgan fingerprint density at radius 3 is 2.65 bits per heavy atom. The molecule has 1 saturated carbocycles. The highest BCUT2D eigenvalue weighted by molar-refractivity contribution is 7.90. The fourth-order valence-corrected chi connectivity index (χ4v) is 3.18. The molecule has 0 radical (unpaired) electrons. The van der Waals surface area contributed by atoms with Crippen molar-refractivity contribution >= 4 is 39.2 Å². The van der Waals surface area contributed by atoms with Crippen molar-refractivity contribution in [2.24, 2.45) is 5.73 Å². The smallest absolute Gasteiger partial charge is 0.266 e. The molecule has 0 unspecified atom stereocenters. The van der Waals surface area contributed by atoms with Gasteiger partial charge in [-0.25, -0.2) is 13.1 Å². The minimum atomic E-state index is -3.91. The Kier molecular flexibility index (Phi) is 3.53. The zero-order valence-electron chi connectivity index (χ0n) is 10.4. The first-order valence-electron chi connectivity index (χ1n) is 5.85. The molecule has 0 atom stereocenters. The summed E-state index contributed by atoms with van der Waals surface area (Å²) >= 11 is 0. The number of para-hydroxylation sites is 1. The van der Waals surface area contributed by atoms with E-state index in [-0.39, 0.29) is 17.3 Å². The molecule has 0 spiro atoms. The maximum atomic E-state index is 12.2. The maximum Gasteiger partial charge on any atom is 0.266 e. The van der Waals surface area contributed by atoms with E-state index >= 15 is 0 Å². The van der Waals surface area contributed by atoms with E-state index in [1.807, 2.05) is 4.72 Å². The van der Waals surface area contributed by atoms with Crippen LogP contribution in [0, 0.1) is 0 Å². The number of amides is 1. The van der Waals surface area contributed by atoms with Gasteiger partial charge in [-0.15, -0.1) is 12.4 Å². The number of fused-ring (bicyclic) bond motifs is 1. The maximum absolute atomic E-state index is 12.2. The van der Waals surface area contributed by atoms with Gasteiger partial charge < -0.3 is 10.7 Å². The van der Waals surface area contributed by atoms with Gasteiger partial charge in [-0.3, -0.25) is 4.79 Å². The Balaban J connectivity index is 0.00000147. The fraction of sp³-hybridized carbons (Fsp3) is 0.250. The number of rotatable bonds is 3. The average molecular weight is 316 g/mol. The molecular formula is C12H14ClN3O3S. The van der Waals surface area contributed by atoms with Crippen LogP contribution < -0.4 is 10.5 Å². The number of carbonyl (C=O) groups excluding carboxylic acids is 1. The van der Waals surface area contributed by atoms with Crippen molar-refractivity contribution in [3.05, 3.63) is 30.5 Å². The standard InChI is InChI=1S/C12H13N3O3S.ClH/c13-12(5-6-12)11(16)15-19(17,18)9-3-1-2-8-4-7-14-10(8)9;/h1-4,7,14H,5-6,13H2,(H,15,16);1H.